The lowest BCUT2D eigenvalue weighted by atomic mass is 9.82. The van der Waals surface area contributed by atoms with Gasteiger partial charge >= 0.3 is 0 Å². The molecule has 11 aromatic rings. The average Bonchev–Trinajstić information content (AvgIpc) is 3.83. The van der Waals surface area contributed by atoms with E-state index in [2.05, 4.69) is 231 Å². The number of hydrogen-bond acceptors (Lipinski definition) is 2. The zero-order valence-electron chi connectivity index (χ0n) is 35.5. The van der Waals surface area contributed by atoms with Gasteiger partial charge in [-0.1, -0.05) is 190 Å². The van der Waals surface area contributed by atoms with Gasteiger partial charge in [0, 0.05) is 34.1 Å². The van der Waals surface area contributed by atoms with E-state index in [4.69, 9.17) is 4.42 Å². The molecular formula is C61H45NO. The van der Waals surface area contributed by atoms with Crippen LogP contribution in [0.25, 0.3) is 76.9 Å². The molecule has 0 fully saturated rings. The van der Waals surface area contributed by atoms with Gasteiger partial charge in [-0.05, 0) is 126 Å². The molecule has 1 heterocycles. The Labute approximate surface area is 368 Å². The van der Waals surface area contributed by atoms with Crippen LogP contribution in [-0.2, 0) is 18.4 Å². The zero-order valence-corrected chi connectivity index (χ0v) is 35.5. The van der Waals surface area contributed by atoms with Gasteiger partial charge in [-0.25, -0.2) is 0 Å². The minimum absolute atomic E-state index is 0.142. The second-order valence-corrected chi connectivity index (χ2v) is 17.6. The van der Waals surface area contributed by atoms with E-state index in [1.54, 1.807) is 0 Å². The molecule has 0 aliphatic heterocycles. The Bertz CT molecular complexity index is 3540. The number of anilines is 2. The first-order valence-corrected chi connectivity index (χ1v) is 22.1. The summed E-state index contributed by atoms with van der Waals surface area (Å²) in [7, 11) is 0. The highest BCUT2D eigenvalue weighted by atomic mass is 16.3. The van der Waals surface area contributed by atoms with Crippen molar-refractivity contribution in [2.45, 2.75) is 32.2 Å². The SMILES string of the molecule is CC1(C)c2ccccc2-c2ccc(N(Cc3ccc4oc5ccccc5c4c3Cc3cc4ccccc4c4ccccc34)c3ccc(-c4ccccc4)c(-c4ccccc4)c3)cc21. The van der Waals surface area contributed by atoms with Crippen LogP contribution < -0.4 is 4.90 Å². The Balaban J connectivity index is 1.09. The van der Waals surface area contributed by atoms with Crippen LogP contribution in [0.1, 0.15) is 41.7 Å². The highest BCUT2D eigenvalue weighted by molar-refractivity contribution is 6.10. The fourth-order valence-electron chi connectivity index (χ4n) is 10.5. The van der Waals surface area contributed by atoms with Crippen molar-refractivity contribution < 1.29 is 4.42 Å². The van der Waals surface area contributed by atoms with Gasteiger partial charge < -0.3 is 9.32 Å². The molecule has 0 amide bonds. The van der Waals surface area contributed by atoms with Crippen LogP contribution in [0.2, 0.25) is 0 Å². The monoisotopic (exact) mass is 807 g/mol. The third-order valence-electron chi connectivity index (χ3n) is 13.7. The second-order valence-electron chi connectivity index (χ2n) is 17.6. The van der Waals surface area contributed by atoms with Crippen LogP contribution in [-0.4, -0.2) is 0 Å². The molecule has 1 aliphatic rings. The Morgan fingerprint density at radius 2 is 1.02 bits per heavy atom. The summed E-state index contributed by atoms with van der Waals surface area (Å²) in [6, 6.07) is 77.9. The first kappa shape index (κ1) is 37.1. The van der Waals surface area contributed by atoms with Crippen molar-refractivity contribution in [3.8, 4) is 33.4 Å². The zero-order chi connectivity index (χ0) is 42.1. The van der Waals surface area contributed by atoms with E-state index in [0.29, 0.717) is 6.54 Å². The maximum absolute atomic E-state index is 6.63. The third kappa shape index (κ3) is 6.16. The molecule has 0 unspecified atom stereocenters. The van der Waals surface area contributed by atoms with Gasteiger partial charge in [0.1, 0.15) is 11.2 Å². The van der Waals surface area contributed by atoms with E-state index in [-0.39, 0.29) is 5.41 Å². The van der Waals surface area contributed by atoms with Crippen LogP contribution in [0.4, 0.5) is 11.4 Å². The first-order valence-electron chi connectivity index (χ1n) is 22.1. The smallest absolute Gasteiger partial charge is 0.135 e. The molecule has 63 heavy (non-hydrogen) atoms. The highest BCUT2D eigenvalue weighted by Crippen LogP contribution is 2.50. The number of furan rings is 1. The predicted octanol–water partition coefficient (Wildman–Crippen LogP) is 16.5. The molecule has 0 N–H and O–H groups in total. The van der Waals surface area contributed by atoms with Gasteiger partial charge in [-0.2, -0.15) is 0 Å². The van der Waals surface area contributed by atoms with Gasteiger partial charge in [0.15, 0.2) is 0 Å². The maximum atomic E-state index is 6.63. The number of para-hydroxylation sites is 1. The van der Waals surface area contributed by atoms with Crippen molar-refractivity contribution in [3.63, 3.8) is 0 Å². The first-order chi connectivity index (χ1) is 31.0. The molecule has 10 aromatic carbocycles. The molecule has 0 atom stereocenters. The molecule has 0 bridgehead atoms. The summed E-state index contributed by atoms with van der Waals surface area (Å²) in [5.74, 6) is 0. The van der Waals surface area contributed by atoms with E-state index in [9.17, 15) is 0 Å². The van der Waals surface area contributed by atoms with Gasteiger partial charge in [0.2, 0.25) is 0 Å². The van der Waals surface area contributed by atoms with Crippen LogP contribution in [0.15, 0.2) is 217 Å². The van der Waals surface area contributed by atoms with Gasteiger partial charge in [0.05, 0.1) is 0 Å². The fourth-order valence-corrected chi connectivity index (χ4v) is 10.5. The molecule has 0 radical (unpaired) electrons. The van der Waals surface area contributed by atoms with E-state index in [0.717, 1.165) is 28.7 Å². The molecule has 0 saturated heterocycles. The van der Waals surface area contributed by atoms with E-state index < -0.39 is 0 Å². The van der Waals surface area contributed by atoms with E-state index >= 15 is 0 Å². The minimum Gasteiger partial charge on any atom is -0.456 e. The summed E-state index contributed by atoms with van der Waals surface area (Å²) in [4.78, 5) is 2.55. The van der Waals surface area contributed by atoms with E-state index in [1.165, 1.54) is 93.8 Å². The van der Waals surface area contributed by atoms with Crippen molar-refractivity contribution in [1.82, 2.24) is 0 Å². The number of hydrogen-bond donors (Lipinski definition) is 0. The molecule has 2 nitrogen and oxygen atoms in total. The number of nitrogens with zero attached hydrogens (tertiary/aromatic N) is 1. The molecular weight excluding hydrogens is 763 g/mol. The molecule has 300 valence electrons. The lowest BCUT2D eigenvalue weighted by Crippen LogP contribution is -2.20. The minimum atomic E-state index is -0.142. The van der Waals surface area contributed by atoms with E-state index in [1.807, 2.05) is 0 Å². The van der Waals surface area contributed by atoms with Gasteiger partial charge in [-0.3, -0.25) is 0 Å². The van der Waals surface area contributed by atoms with Crippen LogP contribution in [0, 0.1) is 0 Å². The lowest BCUT2D eigenvalue weighted by Gasteiger charge is -2.30. The third-order valence-corrected chi connectivity index (χ3v) is 13.7. The normalized spacial score (nSPS) is 12.9. The molecule has 0 saturated carbocycles. The van der Waals surface area contributed by atoms with Crippen LogP contribution in [0.3, 0.4) is 0 Å². The summed E-state index contributed by atoms with van der Waals surface area (Å²) in [5.41, 5.74) is 18.1. The van der Waals surface area contributed by atoms with Crippen molar-refractivity contribution in [2.24, 2.45) is 0 Å². The summed E-state index contributed by atoms with van der Waals surface area (Å²) in [6.07, 6.45) is 0.754. The van der Waals surface area contributed by atoms with Crippen molar-refractivity contribution >= 4 is 54.9 Å². The Kier molecular flexibility index (Phi) is 8.69. The van der Waals surface area contributed by atoms with Crippen molar-refractivity contribution in [3.05, 3.63) is 240 Å². The van der Waals surface area contributed by atoms with Crippen molar-refractivity contribution in [2.75, 3.05) is 4.90 Å². The van der Waals surface area contributed by atoms with Crippen molar-refractivity contribution in [1.29, 1.82) is 0 Å². The van der Waals surface area contributed by atoms with Gasteiger partial charge in [-0.15, -0.1) is 0 Å². The summed E-state index contributed by atoms with van der Waals surface area (Å²) in [5, 5.41) is 7.45. The summed E-state index contributed by atoms with van der Waals surface area (Å²) < 4.78 is 6.63. The molecule has 1 aliphatic carbocycles. The quantitative estimate of drug-likeness (QED) is 0.142. The maximum Gasteiger partial charge on any atom is 0.135 e. The number of benzene rings is 10. The number of rotatable bonds is 8. The Morgan fingerprint density at radius 3 is 1.81 bits per heavy atom. The summed E-state index contributed by atoms with van der Waals surface area (Å²) in [6.45, 7) is 5.40. The Morgan fingerprint density at radius 1 is 0.413 bits per heavy atom. The summed E-state index contributed by atoms with van der Waals surface area (Å²) >= 11 is 0. The average molecular weight is 808 g/mol. The largest absolute Gasteiger partial charge is 0.456 e. The predicted molar refractivity (Wildman–Crippen MR) is 265 cm³/mol. The standard InChI is InChI=1S/C61H45NO/c1-61(2)56-27-15-13-25-51(56)52-33-31-46(38-57(52)61)62(45-30-32-49(40-17-5-3-6-18-40)54(37-45)41-19-7-4-8-20-41)39-43-29-34-59-60(53-26-14-16-28-58(53)63-59)55(43)36-44-35-42-21-9-10-22-47(42)50-24-12-11-23-48(44)50/h3-35,37-38H,36,39H2,1-2H3. The molecule has 1 aromatic heterocycles. The second kappa shape index (κ2) is 14.8. The Hall–Kier alpha value is -7.68. The highest BCUT2D eigenvalue weighted by Gasteiger charge is 2.36. The topological polar surface area (TPSA) is 16.4 Å². The number of fused-ring (bicyclic) bond motifs is 9. The fraction of sp³-hybridized carbons (Fsp3) is 0.0820. The molecule has 0 spiro atoms. The lowest BCUT2D eigenvalue weighted by molar-refractivity contribution is 0.660. The van der Waals surface area contributed by atoms with Gasteiger partial charge in [0.25, 0.3) is 0 Å². The molecule has 12 rings (SSSR count). The van der Waals surface area contributed by atoms with Crippen LogP contribution in [0.5, 0.6) is 0 Å². The molecule has 2 heteroatoms. The van der Waals surface area contributed by atoms with Crippen LogP contribution >= 0.6 is 0 Å².